The van der Waals surface area contributed by atoms with E-state index < -0.39 is 0 Å². The van der Waals surface area contributed by atoms with Gasteiger partial charge in [-0.2, -0.15) is 5.26 Å². The van der Waals surface area contributed by atoms with Crippen molar-refractivity contribution in [3.63, 3.8) is 0 Å². The van der Waals surface area contributed by atoms with Gasteiger partial charge in [-0.1, -0.05) is 170 Å². The molecule has 0 aliphatic heterocycles. The summed E-state index contributed by atoms with van der Waals surface area (Å²) in [6.07, 6.45) is 4.84. The predicted octanol–water partition coefficient (Wildman–Crippen LogP) is 20.2. The van der Waals surface area contributed by atoms with Crippen molar-refractivity contribution in [2.45, 2.75) is 59.8 Å². The largest absolute Gasteiger partial charge is 0.310 e. The van der Waals surface area contributed by atoms with E-state index >= 15 is 0 Å². The SMILES string of the molecule is CC1c2c(n(-c3cccc(-c4cccc(-n5c6ccc(-c7ccc8c(c7)c7ccccc7n8-c7cc(C#N)cc(-n8c9ccccc9c9ccccc98)c7)cc6c6cc(C(C)(C)C)ccc65)c4)c3)c3ccccc23)C=CC1C(C)(C)C. The maximum Gasteiger partial charge on any atom is 0.0993 e. The van der Waals surface area contributed by atoms with Crippen molar-refractivity contribution in [3.05, 3.63) is 247 Å². The van der Waals surface area contributed by atoms with Crippen LogP contribution < -0.4 is 0 Å². The molecule has 0 bridgehead atoms. The van der Waals surface area contributed by atoms with Crippen molar-refractivity contribution >= 4 is 82.4 Å². The Morgan fingerprint density at radius 3 is 1.31 bits per heavy atom. The highest BCUT2D eigenvalue weighted by atomic mass is 15.0. The Kier molecular flexibility index (Phi) is 10.7. The summed E-state index contributed by atoms with van der Waals surface area (Å²) in [7, 11) is 0. The van der Waals surface area contributed by atoms with Crippen LogP contribution in [0.15, 0.2) is 224 Å². The van der Waals surface area contributed by atoms with Crippen LogP contribution in [0.2, 0.25) is 0 Å². The summed E-state index contributed by atoms with van der Waals surface area (Å²) >= 11 is 0. The maximum absolute atomic E-state index is 10.6. The molecular formula is C76H61N5. The zero-order valence-corrected chi connectivity index (χ0v) is 46.8. The van der Waals surface area contributed by atoms with E-state index in [1.165, 1.54) is 77.1 Å². The second-order valence-corrected chi connectivity index (χ2v) is 24.6. The van der Waals surface area contributed by atoms with Gasteiger partial charge < -0.3 is 18.3 Å². The van der Waals surface area contributed by atoms with Crippen molar-refractivity contribution in [2.75, 3.05) is 0 Å². The molecule has 0 fully saturated rings. The van der Waals surface area contributed by atoms with Crippen LogP contribution in [0.3, 0.4) is 0 Å². The lowest BCUT2D eigenvalue weighted by molar-refractivity contribution is 0.259. The number of rotatable bonds is 6. The summed E-state index contributed by atoms with van der Waals surface area (Å²) in [5, 5.41) is 19.1. The van der Waals surface area contributed by atoms with Gasteiger partial charge in [0.25, 0.3) is 0 Å². The lowest BCUT2D eigenvalue weighted by atomic mass is 9.69. The van der Waals surface area contributed by atoms with E-state index in [1.807, 2.05) is 12.1 Å². The number of nitriles is 1. The summed E-state index contributed by atoms with van der Waals surface area (Å²) < 4.78 is 9.57. The van der Waals surface area contributed by atoms with Crippen molar-refractivity contribution in [1.29, 1.82) is 5.26 Å². The first-order valence-electron chi connectivity index (χ1n) is 28.5. The van der Waals surface area contributed by atoms with E-state index in [9.17, 15) is 5.26 Å². The lowest BCUT2D eigenvalue weighted by Crippen LogP contribution is -2.26. The summed E-state index contributed by atoms with van der Waals surface area (Å²) in [5.74, 6) is 0.843. The van der Waals surface area contributed by atoms with Gasteiger partial charge in [0.15, 0.2) is 0 Å². The molecular weight excluding hydrogens is 983 g/mol. The van der Waals surface area contributed by atoms with Gasteiger partial charge in [-0.25, -0.2) is 0 Å². The number of allylic oxidation sites excluding steroid dienone is 1. The van der Waals surface area contributed by atoms with Gasteiger partial charge in [-0.3, -0.25) is 0 Å². The van der Waals surface area contributed by atoms with Crippen LogP contribution in [0, 0.1) is 22.7 Å². The molecule has 390 valence electrons. The average Bonchev–Trinajstić information content (AvgIpc) is 4.42. The zero-order chi connectivity index (χ0) is 55.1. The Hall–Kier alpha value is -9.63. The molecule has 15 rings (SSSR count). The fourth-order valence-electron chi connectivity index (χ4n) is 13.9. The fourth-order valence-corrected chi connectivity index (χ4v) is 13.9. The minimum Gasteiger partial charge on any atom is -0.310 e. The average molecular weight is 1040 g/mol. The van der Waals surface area contributed by atoms with Gasteiger partial charge in [0, 0.05) is 60.5 Å². The zero-order valence-electron chi connectivity index (χ0n) is 46.8. The van der Waals surface area contributed by atoms with E-state index in [-0.39, 0.29) is 10.8 Å². The lowest BCUT2D eigenvalue weighted by Gasteiger charge is -2.36. The van der Waals surface area contributed by atoms with Crippen LogP contribution in [-0.2, 0) is 5.41 Å². The van der Waals surface area contributed by atoms with Crippen LogP contribution in [0.5, 0.6) is 0 Å². The molecule has 1 aliphatic carbocycles. The Morgan fingerprint density at radius 1 is 0.370 bits per heavy atom. The number of nitrogens with zero attached hydrogens (tertiary/aromatic N) is 5. The Labute approximate surface area is 472 Å². The second-order valence-electron chi connectivity index (χ2n) is 24.6. The number of fused-ring (bicyclic) bond motifs is 12. The van der Waals surface area contributed by atoms with Gasteiger partial charge in [0.05, 0.1) is 55.9 Å². The van der Waals surface area contributed by atoms with E-state index in [1.54, 1.807) is 0 Å². The molecule has 2 atom stereocenters. The van der Waals surface area contributed by atoms with E-state index in [0.717, 1.165) is 61.0 Å². The van der Waals surface area contributed by atoms with E-state index in [0.29, 0.717) is 17.4 Å². The normalized spacial score (nSPS) is 14.8. The summed E-state index contributed by atoms with van der Waals surface area (Å²) in [6, 6.07) is 82.7. The molecule has 0 radical (unpaired) electrons. The van der Waals surface area contributed by atoms with E-state index in [2.05, 4.69) is 291 Å². The highest BCUT2D eigenvalue weighted by molar-refractivity contribution is 6.13. The monoisotopic (exact) mass is 1040 g/mol. The molecule has 10 aromatic carbocycles. The van der Waals surface area contributed by atoms with Crippen LogP contribution in [-0.4, -0.2) is 18.3 Å². The number of hydrogen-bond donors (Lipinski definition) is 0. The Balaban J connectivity index is 0.847. The standard InChI is InChI=1S/C76H61N5/c1-47-65(76(5,6)7)33-37-73-74(47)61-25-11-15-29-69(61)79(73)55-21-17-19-50(41-55)49-18-16-20-54(40-49)78-71-35-31-52(43-63(71)64-44-53(75(2,3)4)32-36-72(64)78)51-30-34-70-62(42-51)60-24-10-14-28-68(60)81(70)57-39-48(46-77)38-56(45-57)80-66-26-12-8-22-58(66)59-23-9-13-27-67(59)80/h8-45,47,65H,1-7H3. The highest BCUT2D eigenvalue weighted by Crippen LogP contribution is 2.48. The third-order valence-electron chi connectivity index (χ3n) is 17.7. The molecule has 0 N–H and O–H groups in total. The first-order chi connectivity index (χ1) is 39.3. The molecule has 1 aliphatic rings. The van der Waals surface area contributed by atoms with Crippen LogP contribution in [0.4, 0.5) is 0 Å². The molecule has 0 amide bonds. The molecule has 0 spiro atoms. The van der Waals surface area contributed by atoms with Crippen molar-refractivity contribution in [2.24, 2.45) is 11.3 Å². The quantitative estimate of drug-likeness (QED) is 0.164. The molecule has 0 saturated heterocycles. The van der Waals surface area contributed by atoms with Gasteiger partial charge in [-0.05, 0) is 165 Å². The molecule has 5 heteroatoms. The summed E-state index contributed by atoms with van der Waals surface area (Å²) in [6.45, 7) is 16.4. The molecule has 4 aromatic heterocycles. The summed E-state index contributed by atoms with van der Waals surface area (Å²) in [5.41, 5.74) is 21.6. The van der Waals surface area contributed by atoms with Crippen molar-refractivity contribution in [3.8, 4) is 51.1 Å². The molecule has 2 unspecified atom stereocenters. The first kappa shape index (κ1) is 48.5. The molecule has 5 nitrogen and oxygen atoms in total. The minimum atomic E-state index is -0.0339. The van der Waals surface area contributed by atoms with Crippen molar-refractivity contribution < 1.29 is 0 Å². The molecule has 4 heterocycles. The number of para-hydroxylation sites is 4. The maximum atomic E-state index is 10.6. The molecule has 14 aromatic rings. The number of benzene rings is 10. The van der Waals surface area contributed by atoms with Gasteiger partial charge >= 0.3 is 0 Å². The van der Waals surface area contributed by atoms with Crippen LogP contribution >= 0.6 is 0 Å². The number of hydrogen-bond acceptors (Lipinski definition) is 1. The number of aromatic nitrogens is 4. The van der Waals surface area contributed by atoms with Crippen LogP contribution in [0.25, 0.3) is 127 Å². The minimum absolute atomic E-state index is 0.0339. The molecule has 81 heavy (non-hydrogen) atoms. The fraction of sp³-hybridized carbons (Fsp3) is 0.145. The van der Waals surface area contributed by atoms with Gasteiger partial charge in [0.1, 0.15) is 0 Å². The molecule has 0 saturated carbocycles. The van der Waals surface area contributed by atoms with E-state index in [4.69, 9.17) is 0 Å². The smallest absolute Gasteiger partial charge is 0.0993 e. The topological polar surface area (TPSA) is 43.5 Å². The third-order valence-corrected chi connectivity index (χ3v) is 17.7. The van der Waals surface area contributed by atoms with Gasteiger partial charge in [0.2, 0.25) is 0 Å². The van der Waals surface area contributed by atoms with Gasteiger partial charge in [-0.15, -0.1) is 0 Å². The van der Waals surface area contributed by atoms with Crippen molar-refractivity contribution in [1.82, 2.24) is 18.3 Å². The second kappa shape index (κ2) is 17.9. The Bertz CT molecular complexity index is 4950. The third kappa shape index (κ3) is 7.58. The predicted molar refractivity (Wildman–Crippen MR) is 341 cm³/mol. The summed E-state index contributed by atoms with van der Waals surface area (Å²) in [4.78, 5) is 0. The highest BCUT2D eigenvalue weighted by Gasteiger charge is 2.35. The first-order valence-corrected chi connectivity index (χ1v) is 28.5. The Morgan fingerprint density at radius 2 is 0.790 bits per heavy atom. The van der Waals surface area contributed by atoms with Crippen LogP contribution in [0.1, 0.15) is 76.8 Å².